The first-order chi connectivity index (χ1) is 14.2. The van der Waals surface area contributed by atoms with Gasteiger partial charge in [-0.15, -0.1) is 0 Å². The molecule has 1 saturated heterocycles. The maximum atomic E-state index is 12.0. The summed E-state index contributed by atoms with van der Waals surface area (Å²) >= 11 is 2.39. The molecule has 2 aromatic heterocycles. The molecule has 1 aliphatic rings. The van der Waals surface area contributed by atoms with Crippen LogP contribution in [0.25, 0.3) is 11.0 Å². The molecule has 6 heteroatoms. The first-order valence-corrected chi connectivity index (χ1v) is 11.4. The third kappa shape index (κ3) is 4.79. The summed E-state index contributed by atoms with van der Waals surface area (Å²) in [6.45, 7) is 10.4. The van der Waals surface area contributed by atoms with Gasteiger partial charge in [-0.05, 0) is 61.9 Å². The minimum Gasteiger partial charge on any atom is -0.460 e. The van der Waals surface area contributed by atoms with Gasteiger partial charge in [0.05, 0.1) is 18.3 Å². The van der Waals surface area contributed by atoms with Gasteiger partial charge < -0.3 is 14.2 Å². The number of ether oxygens (including phenoxy) is 1. The van der Waals surface area contributed by atoms with Crippen LogP contribution in [0.4, 0.5) is 5.69 Å². The van der Waals surface area contributed by atoms with Gasteiger partial charge in [0.1, 0.15) is 11.2 Å². The van der Waals surface area contributed by atoms with Crippen LogP contribution in [-0.4, -0.2) is 34.2 Å². The zero-order valence-corrected chi connectivity index (χ0v) is 20.1. The standard InChI is InChI=1S/C24H28IN3O2/c1-16-5-7-17(8-6-16)12-28-15-21(25)20-10-19(11-26-23(20)28)27-13-18(14-27)9-22(29)30-24(2,3)4/h5-8,10-11,15,18H,9,12-14H2,1-4H3. The summed E-state index contributed by atoms with van der Waals surface area (Å²) in [7, 11) is 0. The molecule has 0 saturated carbocycles. The fraction of sp³-hybridized carbons (Fsp3) is 0.417. The molecule has 0 amide bonds. The average Bonchev–Trinajstić information content (AvgIpc) is 2.93. The van der Waals surface area contributed by atoms with Crippen molar-refractivity contribution in [3.63, 3.8) is 0 Å². The number of hydrogen-bond acceptors (Lipinski definition) is 4. The predicted octanol–water partition coefficient (Wildman–Crippen LogP) is 5.17. The van der Waals surface area contributed by atoms with Crippen molar-refractivity contribution in [1.29, 1.82) is 0 Å². The second-order valence-electron chi connectivity index (χ2n) is 9.22. The third-order valence-electron chi connectivity index (χ3n) is 5.32. The molecule has 0 spiro atoms. The first-order valence-electron chi connectivity index (χ1n) is 10.3. The Morgan fingerprint density at radius 3 is 2.60 bits per heavy atom. The highest BCUT2D eigenvalue weighted by Crippen LogP contribution is 2.31. The second-order valence-corrected chi connectivity index (χ2v) is 10.4. The van der Waals surface area contributed by atoms with Crippen LogP contribution in [0.2, 0.25) is 0 Å². The number of hydrogen-bond donors (Lipinski definition) is 0. The van der Waals surface area contributed by atoms with E-state index in [1.54, 1.807) is 0 Å². The summed E-state index contributed by atoms with van der Waals surface area (Å²) in [5, 5.41) is 1.18. The number of rotatable bonds is 5. The largest absolute Gasteiger partial charge is 0.460 e. The highest BCUT2D eigenvalue weighted by Gasteiger charge is 2.31. The van der Waals surface area contributed by atoms with Gasteiger partial charge in [-0.25, -0.2) is 4.98 Å². The molecule has 5 nitrogen and oxygen atoms in total. The van der Waals surface area contributed by atoms with Crippen molar-refractivity contribution in [2.24, 2.45) is 5.92 Å². The number of anilines is 1. The van der Waals surface area contributed by atoms with E-state index >= 15 is 0 Å². The van der Waals surface area contributed by atoms with E-state index < -0.39 is 5.60 Å². The van der Waals surface area contributed by atoms with Crippen LogP contribution in [0.15, 0.2) is 42.7 Å². The summed E-state index contributed by atoms with van der Waals surface area (Å²) in [5.41, 5.74) is 4.25. The van der Waals surface area contributed by atoms with Crippen LogP contribution < -0.4 is 4.90 Å². The molecule has 1 aromatic carbocycles. The summed E-state index contributed by atoms with van der Waals surface area (Å²) in [4.78, 5) is 19.1. The van der Waals surface area contributed by atoms with E-state index in [1.165, 1.54) is 20.1 Å². The molecule has 3 aromatic rings. The van der Waals surface area contributed by atoms with Gasteiger partial charge in [-0.1, -0.05) is 29.8 Å². The Balaban J connectivity index is 1.43. The Morgan fingerprint density at radius 2 is 1.93 bits per heavy atom. The minimum absolute atomic E-state index is 0.108. The summed E-state index contributed by atoms with van der Waals surface area (Å²) in [5.74, 6) is 0.240. The highest BCUT2D eigenvalue weighted by molar-refractivity contribution is 14.1. The molecule has 0 aliphatic carbocycles. The van der Waals surface area contributed by atoms with Gasteiger partial charge in [-0.2, -0.15) is 0 Å². The van der Waals surface area contributed by atoms with E-state index in [2.05, 4.69) is 75.5 Å². The van der Waals surface area contributed by atoms with Crippen molar-refractivity contribution in [2.45, 2.75) is 46.3 Å². The van der Waals surface area contributed by atoms with Crippen molar-refractivity contribution in [3.8, 4) is 0 Å². The molecule has 0 bridgehead atoms. The average molecular weight is 517 g/mol. The van der Waals surface area contributed by atoms with Gasteiger partial charge in [0.25, 0.3) is 0 Å². The number of carbonyl (C=O) groups excluding carboxylic acids is 1. The number of carbonyl (C=O) groups is 1. The fourth-order valence-corrected chi connectivity index (χ4v) is 4.56. The van der Waals surface area contributed by atoms with E-state index in [4.69, 9.17) is 9.72 Å². The van der Waals surface area contributed by atoms with Crippen molar-refractivity contribution in [3.05, 3.63) is 57.4 Å². The summed E-state index contributed by atoms with van der Waals surface area (Å²) in [6.07, 6.45) is 4.60. The molecule has 30 heavy (non-hydrogen) atoms. The van der Waals surface area contributed by atoms with Crippen LogP contribution in [0, 0.1) is 16.4 Å². The second kappa shape index (κ2) is 8.21. The van der Waals surface area contributed by atoms with Gasteiger partial charge in [0.2, 0.25) is 0 Å². The number of benzene rings is 1. The lowest BCUT2D eigenvalue weighted by Gasteiger charge is -2.40. The number of aryl methyl sites for hydroxylation is 1. The Hall–Kier alpha value is -2.09. The summed E-state index contributed by atoms with van der Waals surface area (Å²) in [6, 6.07) is 10.9. The lowest BCUT2D eigenvalue weighted by atomic mass is 9.95. The molecule has 0 radical (unpaired) electrons. The van der Waals surface area contributed by atoms with Crippen molar-refractivity contribution >= 4 is 45.3 Å². The Morgan fingerprint density at radius 1 is 1.23 bits per heavy atom. The van der Waals surface area contributed by atoms with Crippen molar-refractivity contribution in [1.82, 2.24) is 9.55 Å². The Labute approximate surface area is 191 Å². The van der Waals surface area contributed by atoms with Crippen LogP contribution >= 0.6 is 22.6 Å². The van der Waals surface area contributed by atoms with Crippen LogP contribution in [0.3, 0.4) is 0 Å². The number of esters is 1. The van der Waals surface area contributed by atoms with Crippen molar-refractivity contribution < 1.29 is 9.53 Å². The van der Waals surface area contributed by atoms with Crippen LogP contribution in [0.5, 0.6) is 0 Å². The predicted molar refractivity (Wildman–Crippen MR) is 129 cm³/mol. The number of pyridine rings is 1. The highest BCUT2D eigenvalue weighted by atomic mass is 127. The zero-order valence-electron chi connectivity index (χ0n) is 18.0. The van der Waals surface area contributed by atoms with Crippen molar-refractivity contribution in [2.75, 3.05) is 18.0 Å². The fourth-order valence-electron chi connectivity index (χ4n) is 3.83. The van der Waals surface area contributed by atoms with Gasteiger partial charge >= 0.3 is 5.97 Å². The molecular formula is C24H28IN3O2. The molecule has 1 fully saturated rings. The number of aromatic nitrogens is 2. The van der Waals surface area contributed by atoms with Gasteiger partial charge in [-0.3, -0.25) is 4.79 Å². The zero-order chi connectivity index (χ0) is 21.5. The maximum Gasteiger partial charge on any atom is 0.306 e. The molecule has 0 unspecified atom stereocenters. The SMILES string of the molecule is Cc1ccc(Cn2cc(I)c3cc(N4CC(CC(=O)OC(C)(C)C)C4)cnc32)cc1. The van der Waals surface area contributed by atoms with Gasteiger partial charge in [0.15, 0.2) is 0 Å². The molecule has 4 rings (SSSR count). The van der Waals surface area contributed by atoms with Crippen LogP contribution in [0.1, 0.15) is 38.3 Å². The lowest BCUT2D eigenvalue weighted by Crippen LogP contribution is -2.48. The molecule has 3 heterocycles. The van der Waals surface area contributed by atoms with E-state index in [-0.39, 0.29) is 5.97 Å². The quantitative estimate of drug-likeness (QED) is 0.347. The normalized spacial score (nSPS) is 14.8. The molecular weight excluding hydrogens is 489 g/mol. The molecule has 1 aliphatic heterocycles. The maximum absolute atomic E-state index is 12.0. The molecule has 0 N–H and O–H groups in total. The number of fused-ring (bicyclic) bond motifs is 1. The number of halogens is 1. The smallest absolute Gasteiger partial charge is 0.306 e. The topological polar surface area (TPSA) is 47.4 Å². The Kier molecular flexibility index (Phi) is 5.79. The van der Waals surface area contributed by atoms with E-state index in [1.807, 2.05) is 27.0 Å². The van der Waals surface area contributed by atoms with E-state index in [0.717, 1.165) is 31.0 Å². The minimum atomic E-state index is -0.419. The molecule has 0 atom stereocenters. The van der Waals surface area contributed by atoms with E-state index in [0.29, 0.717) is 12.3 Å². The molecule has 158 valence electrons. The first kappa shape index (κ1) is 21.2. The lowest BCUT2D eigenvalue weighted by molar-refractivity contribution is -0.156. The van der Waals surface area contributed by atoms with E-state index in [9.17, 15) is 4.79 Å². The van der Waals surface area contributed by atoms with Crippen LogP contribution in [-0.2, 0) is 16.1 Å². The number of nitrogens with zero attached hydrogens (tertiary/aromatic N) is 3. The Bertz CT molecular complexity index is 1060. The van der Waals surface area contributed by atoms with Gasteiger partial charge in [0, 0.05) is 40.7 Å². The third-order valence-corrected chi connectivity index (χ3v) is 6.18. The monoisotopic (exact) mass is 517 g/mol. The summed E-state index contributed by atoms with van der Waals surface area (Å²) < 4.78 is 8.86.